The van der Waals surface area contributed by atoms with Gasteiger partial charge in [-0.15, -0.1) is 0 Å². The average Bonchev–Trinajstić information content (AvgIpc) is 3.16. The molecule has 1 N–H and O–H groups in total. The highest BCUT2D eigenvalue weighted by Gasteiger charge is 2.31. The second-order valence-electron chi connectivity index (χ2n) is 7.63. The zero-order valence-electron chi connectivity index (χ0n) is 18.3. The molecule has 0 radical (unpaired) electrons. The van der Waals surface area contributed by atoms with Crippen molar-refractivity contribution >= 4 is 28.7 Å². The minimum absolute atomic E-state index is 0.224. The molecule has 0 aliphatic carbocycles. The van der Waals surface area contributed by atoms with Gasteiger partial charge in [0, 0.05) is 7.05 Å². The van der Waals surface area contributed by atoms with Crippen LogP contribution in [-0.2, 0) is 17.8 Å². The summed E-state index contributed by atoms with van der Waals surface area (Å²) in [4.78, 5) is 29.5. The van der Waals surface area contributed by atoms with Gasteiger partial charge < -0.3 is 14.4 Å². The molecule has 1 fully saturated rings. The summed E-state index contributed by atoms with van der Waals surface area (Å²) in [6.07, 6.45) is 2.24. The van der Waals surface area contributed by atoms with Gasteiger partial charge in [-0.1, -0.05) is 54.2 Å². The largest absolute Gasteiger partial charge is 0.492 e. The van der Waals surface area contributed by atoms with Crippen LogP contribution in [0.5, 0.6) is 11.5 Å². The van der Waals surface area contributed by atoms with E-state index in [2.05, 4.69) is 10.3 Å². The van der Waals surface area contributed by atoms with Crippen LogP contribution in [0.4, 0.5) is 10.6 Å². The van der Waals surface area contributed by atoms with Crippen molar-refractivity contribution in [3.63, 3.8) is 0 Å². The molecule has 170 valence electrons. The lowest BCUT2D eigenvalue weighted by atomic mass is 10.1. The van der Waals surface area contributed by atoms with Gasteiger partial charge in [-0.3, -0.25) is 14.9 Å². The number of benzene rings is 2. The number of hydrogen-bond donors (Lipinski definition) is 1. The minimum atomic E-state index is -0.361. The Morgan fingerprint density at radius 2 is 1.70 bits per heavy atom. The standard InChI is InChI=1S/C25H25N3O4S/c1-28(23-12-11-21(16-26-23)32-17-19-5-3-2-4-6-19)13-14-31-20-9-7-18(8-10-20)15-22-24(29)27-25(30)33-22/h2-12,16,22H,13-15,17H2,1H3,(H,27,29,30)/t22-/m0/s1. The van der Waals surface area contributed by atoms with E-state index in [1.807, 2.05) is 78.7 Å². The molecule has 2 heterocycles. The molecule has 8 heteroatoms. The number of carbonyl (C=O) groups excluding carboxylic acids is 2. The summed E-state index contributed by atoms with van der Waals surface area (Å²) in [5, 5.41) is 1.67. The van der Waals surface area contributed by atoms with Crippen LogP contribution < -0.4 is 19.7 Å². The van der Waals surface area contributed by atoms with E-state index in [9.17, 15) is 9.59 Å². The summed E-state index contributed by atoms with van der Waals surface area (Å²) in [5.41, 5.74) is 2.10. The molecule has 1 saturated heterocycles. The number of likely N-dealkylation sites (N-methyl/N-ethyl adjacent to an activating group) is 1. The van der Waals surface area contributed by atoms with Crippen LogP contribution in [0.15, 0.2) is 72.9 Å². The lowest BCUT2D eigenvalue weighted by Gasteiger charge is -2.18. The van der Waals surface area contributed by atoms with Crippen LogP contribution in [0.2, 0.25) is 0 Å². The Morgan fingerprint density at radius 1 is 0.939 bits per heavy atom. The molecule has 0 unspecified atom stereocenters. The second kappa shape index (κ2) is 10.9. The summed E-state index contributed by atoms with van der Waals surface area (Å²) in [7, 11) is 1.96. The fourth-order valence-electron chi connectivity index (χ4n) is 3.30. The SMILES string of the molecule is CN(CCOc1ccc(C[C@@H]2SC(=O)NC2=O)cc1)c1ccc(OCc2ccccc2)cn1. The molecule has 7 nitrogen and oxygen atoms in total. The highest BCUT2D eigenvalue weighted by molar-refractivity contribution is 8.15. The molecular weight excluding hydrogens is 438 g/mol. The van der Waals surface area contributed by atoms with Crippen molar-refractivity contribution in [2.75, 3.05) is 25.1 Å². The van der Waals surface area contributed by atoms with E-state index in [-0.39, 0.29) is 16.4 Å². The maximum absolute atomic E-state index is 11.7. The molecule has 33 heavy (non-hydrogen) atoms. The third-order valence-electron chi connectivity index (χ3n) is 5.17. The fourth-order valence-corrected chi connectivity index (χ4v) is 4.16. The Labute approximate surface area is 197 Å². The van der Waals surface area contributed by atoms with Crippen molar-refractivity contribution in [3.8, 4) is 11.5 Å². The number of hydrogen-bond acceptors (Lipinski definition) is 7. The Morgan fingerprint density at radius 3 is 2.36 bits per heavy atom. The van der Waals surface area contributed by atoms with E-state index in [1.54, 1.807) is 6.20 Å². The number of ether oxygens (including phenoxy) is 2. The maximum Gasteiger partial charge on any atom is 0.286 e. The first kappa shape index (κ1) is 22.7. The summed E-state index contributed by atoms with van der Waals surface area (Å²) in [6, 6.07) is 21.5. The first-order valence-electron chi connectivity index (χ1n) is 10.6. The molecule has 0 spiro atoms. The smallest absolute Gasteiger partial charge is 0.286 e. The van der Waals surface area contributed by atoms with Crippen molar-refractivity contribution < 1.29 is 19.1 Å². The van der Waals surface area contributed by atoms with Gasteiger partial charge in [0.1, 0.15) is 30.5 Å². The molecule has 4 rings (SSSR count). The van der Waals surface area contributed by atoms with Crippen molar-refractivity contribution in [1.29, 1.82) is 0 Å². The maximum atomic E-state index is 11.7. The average molecular weight is 464 g/mol. The number of rotatable bonds is 10. The van der Waals surface area contributed by atoms with Crippen LogP contribution in [0, 0.1) is 0 Å². The van der Waals surface area contributed by atoms with E-state index < -0.39 is 0 Å². The number of nitrogens with one attached hydrogen (secondary N) is 1. The molecule has 1 aliphatic rings. The molecule has 0 bridgehead atoms. The zero-order valence-corrected chi connectivity index (χ0v) is 19.1. The number of pyridine rings is 1. The van der Waals surface area contributed by atoms with Crippen LogP contribution in [0.3, 0.4) is 0 Å². The first-order chi connectivity index (χ1) is 16.1. The number of imide groups is 1. The molecule has 2 aromatic carbocycles. The van der Waals surface area contributed by atoms with Crippen molar-refractivity contribution in [2.45, 2.75) is 18.3 Å². The number of thioether (sulfide) groups is 1. The number of nitrogens with zero attached hydrogens (tertiary/aromatic N) is 2. The normalized spacial score (nSPS) is 15.2. The predicted octanol–water partition coefficient (Wildman–Crippen LogP) is 4.07. The number of carbonyl (C=O) groups is 2. The van der Waals surface area contributed by atoms with Gasteiger partial charge in [0.15, 0.2) is 0 Å². The third kappa shape index (κ3) is 6.49. The number of amides is 2. The van der Waals surface area contributed by atoms with Gasteiger partial charge in [-0.25, -0.2) is 4.98 Å². The highest BCUT2D eigenvalue weighted by atomic mass is 32.2. The monoisotopic (exact) mass is 463 g/mol. The quantitative estimate of drug-likeness (QED) is 0.485. The molecule has 1 atom stereocenters. The van der Waals surface area contributed by atoms with Gasteiger partial charge in [-0.2, -0.15) is 0 Å². The minimum Gasteiger partial charge on any atom is -0.492 e. The Hall–Kier alpha value is -3.52. The van der Waals surface area contributed by atoms with Gasteiger partial charge in [0.25, 0.3) is 5.24 Å². The molecule has 1 aliphatic heterocycles. The summed E-state index contributed by atoms with van der Waals surface area (Å²) >= 11 is 1.04. The summed E-state index contributed by atoms with van der Waals surface area (Å²) in [6.45, 7) is 1.67. The van der Waals surface area contributed by atoms with Crippen molar-refractivity contribution in [3.05, 3.63) is 84.1 Å². The van der Waals surface area contributed by atoms with Crippen LogP contribution in [0.1, 0.15) is 11.1 Å². The summed E-state index contributed by atoms with van der Waals surface area (Å²) in [5.74, 6) is 2.09. The third-order valence-corrected chi connectivity index (χ3v) is 6.15. The number of aromatic nitrogens is 1. The number of anilines is 1. The van der Waals surface area contributed by atoms with E-state index in [0.717, 1.165) is 40.2 Å². The summed E-state index contributed by atoms with van der Waals surface area (Å²) < 4.78 is 11.6. The van der Waals surface area contributed by atoms with Gasteiger partial charge in [-0.05, 0) is 41.8 Å². The molecular formula is C25H25N3O4S. The van der Waals surface area contributed by atoms with Crippen LogP contribution in [0.25, 0.3) is 0 Å². The highest BCUT2D eigenvalue weighted by Crippen LogP contribution is 2.24. The lowest BCUT2D eigenvalue weighted by molar-refractivity contribution is -0.118. The van der Waals surface area contributed by atoms with E-state index >= 15 is 0 Å². The molecule has 1 aromatic heterocycles. The molecule has 0 saturated carbocycles. The van der Waals surface area contributed by atoms with E-state index in [1.165, 1.54) is 0 Å². The van der Waals surface area contributed by atoms with Gasteiger partial charge >= 0.3 is 0 Å². The Kier molecular flexibility index (Phi) is 7.47. The molecule has 2 amide bonds. The Balaban J connectivity index is 1.20. The molecule has 3 aromatic rings. The topological polar surface area (TPSA) is 80.8 Å². The van der Waals surface area contributed by atoms with E-state index in [0.29, 0.717) is 26.2 Å². The van der Waals surface area contributed by atoms with Crippen LogP contribution >= 0.6 is 11.8 Å². The Bertz CT molecular complexity index is 1080. The van der Waals surface area contributed by atoms with Crippen molar-refractivity contribution in [1.82, 2.24) is 10.3 Å². The van der Waals surface area contributed by atoms with Crippen LogP contribution in [-0.4, -0.2) is 41.6 Å². The predicted molar refractivity (Wildman–Crippen MR) is 129 cm³/mol. The zero-order chi connectivity index (χ0) is 23.0. The second-order valence-corrected chi connectivity index (χ2v) is 8.80. The fraction of sp³-hybridized carbons (Fsp3) is 0.240. The van der Waals surface area contributed by atoms with E-state index in [4.69, 9.17) is 9.47 Å². The van der Waals surface area contributed by atoms with Gasteiger partial charge in [0.2, 0.25) is 5.91 Å². The first-order valence-corrected chi connectivity index (χ1v) is 11.5. The lowest BCUT2D eigenvalue weighted by Crippen LogP contribution is -2.25. The van der Waals surface area contributed by atoms with Gasteiger partial charge in [0.05, 0.1) is 18.0 Å². The van der Waals surface area contributed by atoms with Crippen molar-refractivity contribution in [2.24, 2.45) is 0 Å².